The van der Waals surface area contributed by atoms with E-state index in [1.165, 1.54) is 0 Å². The molecule has 3 N–H and O–H groups in total. The summed E-state index contributed by atoms with van der Waals surface area (Å²) in [4.78, 5) is 12.4. The molecule has 1 aromatic carbocycles. The predicted octanol–water partition coefficient (Wildman–Crippen LogP) is 2.06. The Morgan fingerprint density at radius 2 is 2.09 bits per heavy atom. The van der Waals surface area contributed by atoms with Gasteiger partial charge >= 0.3 is 0 Å². The molecule has 0 saturated carbocycles. The molecule has 2 atom stereocenters. The summed E-state index contributed by atoms with van der Waals surface area (Å²) < 4.78 is 11.0. The summed E-state index contributed by atoms with van der Waals surface area (Å²) in [5.74, 6) is 0.779. The molecule has 23 heavy (non-hydrogen) atoms. The Labute approximate surface area is 144 Å². The first-order valence-electron chi connectivity index (χ1n) is 7.74. The molecule has 0 radical (unpaired) electrons. The van der Waals surface area contributed by atoms with Crippen LogP contribution in [0.15, 0.2) is 24.3 Å². The molecule has 1 heterocycles. The summed E-state index contributed by atoms with van der Waals surface area (Å²) in [6.07, 6.45) is 1.90. The fourth-order valence-electron chi connectivity index (χ4n) is 2.86. The number of hydrogen-bond acceptors (Lipinski definition) is 4. The van der Waals surface area contributed by atoms with Crippen LogP contribution in [0.25, 0.3) is 0 Å². The van der Waals surface area contributed by atoms with Crippen LogP contribution in [-0.4, -0.2) is 37.3 Å². The third kappa shape index (κ3) is 5.37. The minimum Gasteiger partial charge on any atom is -0.496 e. The molecule has 0 aromatic heterocycles. The van der Waals surface area contributed by atoms with Gasteiger partial charge in [0.1, 0.15) is 11.9 Å². The van der Waals surface area contributed by atoms with Gasteiger partial charge in [0.2, 0.25) is 5.91 Å². The lowest BCUT2D eigenvalue weighted by atomic mass is 9.94. The van der Waals surface area contributed by atoms with E-state index < -0.39 is 0 Å². The number of nitrogens with one attached hydrogen (secondary N) is 1. The Balaban J connectivity index is 0.00000264. The molecule has 1 amide bonds. The minimum absolute atomic E-state index is 0. The van der Waals surface area contributed by atoms with E-state index in [-0.39, 0.29) is 36.1 Å². The summed E-state index contributed by atoms with van der Waals surface area (Å²) in [6, 6.07) is 7.86. The van der Waals surface area contributed by atoms with Gasteiger partial charge in [0.05, 0.1) is 13.2 Å². The van der Waals surface area contributed by atoms with E-state index in [4.69, 9.17) is 15.2 Å². The molecule has 1 aliphatic rings. The number of rotatable bonds is 6. The van der Waals surface area contributed by atoms with Crippen molar-refractivity contribution in [1.29, 1.82) is 0 Å². The van der Waals surface area contributed by atoms with Gasteiger partial charge in [0, 0.05) is 12.1 Å². The highest BCUT2D eigenvalue weighted by atomic mass is 35.5. The first kappa shape index (κ1) is 19.7. The molecule has 6 heteroatoms. The van der Waals surface area contributed by atoms with Crippen molar-refractivity contribution in [3.8, 4) is 5.75 Å². The molecule has 0 bridgehead atoms. The second-order valence-electron chi connectivity index (χ2n) is 6.42. The van der Waals surface area contributed by atoms with Crippen LogP contribution in [0.2, 0.25) is 0 Å². The van der Waals surface area contributed by atoms with Crippen molar-refractivity contribution in [3.05, 3.63) is 29.8 Å². The molecule has 1 saturated heterocycles. The van der Waals surface area contributed by atoms with Crippen LogP contribution in [0.4, 0.5) is 0 Å². The van der Waals surface area contributed by atoms with Gasteiger partial charge in [-0.25, -0.2) is 0 Å². The van der Waals surface area contributed by atoms with Gasteiger partial charge in [-0.3, -0.25) is 4.79 Å². The summed E-state index contributed by atoms with van der Waals surface area (Å²) in [5, 5.41) is 3.08. The SMILES string of the molecule is COc1ccccc1CC(C)(C)NC(=O)[C@@H]1CC[C@H](CN)O1.Cl. The summed E-state index contributed by atoms with van der Waals surface area (Å²) in [6.45, 7) is 4.48. The molecule has 130 valence electrons. The maximum atomic E-state index is 12.4. The predicted molar refractivity (Wildman–Crippen MR) is 93.1 cm³/mol. The number of methoxy groups -OCH3 is 1. The van der Waals surface area contributed by atoms with Gasteiger partial charge in [-0.05, 0) is 44.7 Å². The van der Waals surface area contributed by atoms with Gasteiger partial charge in [0.25, 0.3) is 0 Å². The second kappa shape index (κ2) is 8.52. The van der Waals surface area contributed by atoms with E-state index in [1.807, 2.05) is 38.1 Å². The number of carbonyl (C=O) groups excluding carboxylic acids is 1. The number of benzene rings is 1. The molecular formula is C17H27ClN2O3. The van der Waals surface area contributed by atoms with Gasteiger partial charge < -0.3 is 20.5 Å². The maximum absolute atomic E-state index is 12.4. The highest BCUT2D eigenvalue weighted by Crippen LogP contribution is 2.24. The summed E-state index contributed by atoms with van der Waals surface area (Å²) >= 11 is 0. The zero-order valence-electron chi connectivity index (χ0n) is 14.0. The molecule has 1 aromatic rings. The molecular weight excluding hydrogens is 316 g/mol. The van der Waals surface area contributed by atoms with Gasteiger partial charge in [-0.15, -0.1) is 12.4 Å². The van der Waals surface area contributed by atoms with E-state index in [0.29, 0.717) is 13.0 Å². The molecule has 2 rings (SSSR count). The standard InChI is InChI=1S/C17H26N2O3.ClH/c1-17(2,10-12-6-4-5-7-14(12)21-3)19-16(20)15-9-8-13(11-18)22-15;/h4-7,13,15H,8-11,18H2,1-3H3,(H,19,20);1H/t13-,15+;/m1./s1. The number of nitrogens with two attached hydrogens (primary N) is 1. The third-order valence-electron chi connectivity index (χ3n) is 3.95. The fourth-order valence-corrected chi connectivity index (χ4v) is 2.86. The minimum atomic E-state index is -0.384. The zero-order chi connectivity index (χ0) is 16.2. The molecule has 5 nitrogen and oxygen atoms in total. The second-order valence-corrected chi connectivity index (χ2v) is 6.42. The highest BCUT2D eigenvalue weighted by Gasteiger charge is 2.33. The fraction of sp³-hybridized carbons (Fsp3) is 0.588. The van der Waals surface area contributed by atoms with E-state index >= 15 is 0 Å². The first-order chi connectivity index (χ1) is 10.4. The van der Waals surface area contributed by atoms with E-state index in [2.05, 4.69) is 5.32 Å². The van der Waals surface area contributed by atoms with Crippen molar-refractivity contribution in [2.45, 2.75) is 50.9 Å². The lowest BCUT2D eigenvalue weighted by Crippen LogP contribution is -2.49. The van der Waals surface area contributed by atoms with Crippen LogP contribution in [-0.2, 0) is 16.0 Å². The van der Waals surface area contributed by atoms with Crippen molar-refractivity contribution >= 4 is 18.3 Å². The zero-order valence-corrected chi connectivity index (χ0v) is 14.8. The Bertz CT molecular complexity index is 522. The first-order valence-corrected chi connectivity index (χ1v) is 7.74. The summed E-state index contributed by atoms with van der Waals surface area (Å²) in [7, 11) is 1.66. The van der Waals surface area contributed by atoms with Crippen molar-refractivity contribution in [3.63, 3.8) is 0 Å². The number of hydrogen-bond donors (Lipinski definition) is 2. The van der Waals surface area contributed by atoms with Crippen LogP contribution in [0.1, 0.15) is 32.3 Å². The molecule has 0 aliphatic carbocycles. The van der Waals surface area contributed by atoms with Crippen molar-refractivity contribution in [1.82, 2.24) is 5.32 Å². The quantitative estimate of drug-likeness (QED) is 0.830. The molecule has 0 unspecified atom stereocenters. The maximum Gasteiger partial charge on any atom is 0.249 e. The van der Waals surface area contributed by atoms with Crippen molar-refractivity contribution in [2.24, 2.45) is 5.73 Å². The number of halogens is 1. The lowest BCUT2D eigenvalue weighted by Gasteiger charge is -2.28. The number of ether oxygens (including phenoxy) is 2. The molecule has 1 aliphatic heterocycles. The van der Waals surface area contributed by atoms with Crippen molar-refractivity contribution < 1.29 is 14.3 Å². The smallest absolute Gasteiger partial charge is 0.249 e. The highest BCUT2D eigenvalue weighted by molar-refractivity contribution is 5.85. The van der Waals surface area contributed by atoms with E-state index in [9.17, 15) is 4.79 Å². The monoisotopic (exact) mass is 342 g/mol. The van der Waals surface area contributed by atoms with Crippen LogP contribution < -0.4 is 15.8 Å². The number of amides is 1. The Hall–Kier alpha value is -1.30. The van der Waals surface area contributed by atoms with Crippen LogP contribution in [0.5, 0.6) is 5.75 Å². The van der Waals surface area contributed by atoms with Crippen molar-refractivity contribution in [2.75, 3.05) is 13.7 Å². The van der Waals surface area contributed by atoms with Gasteiger partial charge in [-0.1, -0.05) is 18.2 Å². The van der Waals surface area contributed by atoms with E-state index in [1.54, 1.807) is 7.11 Å². The topological polar surface area (TPSA) is 73.6 Å². The van der Waals surface area contributed by atoms with Crippen LogP contribution in [0, 0.1) is 0 Å². The largest absolute Gasteiger partial charge is 0.496 e. The Morgan fingerprint density at radius 3 is 2.70 bits per heavy atom. The Kier molecular flexibility index (Phi) is 7.32. The van der Waals surface area contributed by atoms with Crippen LogP contribution in [0.3, 0.4) is 0 Å². The van der Waals surface area contributed by atoms with Gasteiger partial charge in [-0.2, -0.15) is 0 Å². The lowest BCUT2D eigenvalue weighted by molar-refractivity contribution is -0.133. The average molecular weight is 343 g/mol. The number of para-hydroxylation sites is 1. The molecule has 0 spiro atoms. The normalized spacial score (nSPS) is 20.7. The van der Waals surface area contributed by atoms with Crippen LogP contribution >= 0.6 is 12.4 Å². The number of carbonyl (C=O) groups is 1. The average Bonchev–Trinajstić information content (AvgIpc) is 2.96. The Morgan fingerprint density at radius 1 is 1.39 bits per heavy atom. The molecule has 1 fully saturated rings. The van der Waals surface area contributed by atoms with E-state index in [0.717, 1.165) is 24.2 Å². The summed E-state index contributed by atoms with van der Waals surface area (Å²) in [5.41, 5.74) is 6.28. The van der Waals surface area contributed by atoms with Gasteiger partial charge in [0.15, 0.2) is 0 Å². The third-order valence-corrected chi connectivity index (χ3v) is 3.95.